The van der Waals surface area contributed by atoms with E-state index in [-0.39, 0.29) is 5.92 Å². The van der Waals surface area contributed by atoms with Crippen LogP contribution < -0.4 is 5.32 Å². The molecule has 0 saturated carbocycles. The summed E-state index contributed by atoms with van der Waals surface area (Å²) in [4.78, 5) is 14.3. The van der Waals surface area contributed by atoms with Gasteiger partial charge in [-0.1, -0.05) is 0 Å². The number of carbonyl (C=O) groups is 1. The van der Waals surface area contributed by atoms with Crippen LogP contribution in [0.2, 0.25) is 0 Å². The molecule has 2 heterocycles. The maximum atomic E-state index is 12.8. The van der Waals surface area contributed by atoms with E-state index in [2.05, 4.69) is 29.2 Å². The number of likely N-dealkylation sites (tertiary alicyclic amines) is 1. The van der Waals surface area contributed by atoms with Crippen LogP contribution in [0.5, 0.6) is 0 Å². The van der Waals surface area contributed by atoms with Crippen molar-refractivity contribution in [3.05, 3.63) is 17.5 Å². The Morgan fingerprint density at radius 2 is 2.18 bits per heavy atom. The standard InChI is InChI=1S/C14H21F3N4O/c1-9(2)21-5-4-10(7-21)6-18-13(22)11-8-20(3)19-12(11)14(15,16)17/h8-10H,4-7H2,1-3H3,(H,18,22)/t10-/m1/s1. The molecule has 22 heavy (non-hydrogen) atoms. The van der Waals surface area contributed by atoms with E-state index in [0.717, 1.165) is 30.4 Å². The number of hydrogen-bond donors (Lipinski definition) is 1. The van der Waals surface area contributed by atoms with Gasteiger partial charge in [-0.25, -0.2) is 0 Å². The van der Waals surface area contributed by atoms with Crippen LogP contribution in [0.4, 0.5) is 13.2 Å². The lowest BCUT2D eigenvalue weighted by atomic mass is 10.1. The molecule has 1 saturated heterocycles. The number of rotatable bonds is 4. The molecule has 1 aromatic rings. The molecule has 1 atom stereocenters. The molecule has 0 aromatic carbocycles. The second-order valence-corrected chi connectivity index (χ2v) is 6.02. The smallest absolute Gasteiger partial charge is 0.352 e. The molecule has 1 N–H and O–H groups in total. The number of nitrogens with zero attached hydrogens (tertiary/aromatic N) is 3. The number of halogens is 3. The summed E-state index contributed by atoms with van der Waals surface area (Å²) in [6.07, 6.45) is -2.58. The molecule has 1 aliphatic rings. The Balaban J connectivity index is 1.96. The van der Waals surface area contributed by atoms with Gasteiger partial charge in [-0.05, 0) is 32.7 Å². The summed E-state index contributed by atoms with van der Waals surface area (Å²) in [6, 6.07) is 0.441. The molecule has 0 aliphatic carbocycles. The zero-order valence-electron chi connectivity index (χ0n) is 12.9. The predicted molar refractivity (Wildman–Crippen MR) is 75.4 cm³/mol. The van der Waals surface area contributed by atoms with Crippen molar-refractivity contribution in [2.75, 3.05) is 19.6 Å². The quantitative estimate of drug-likeness (QED) is 0.922. The van der Waals surface area contributed by atoms with E-state index < -0.39 is 23.3 Å². The maximum Gasteiger partial charge on any atom is 0.435 e. The molecule has 0 radical (unpaired) electrons. The lowest BCUT2D eigenvalue weighted by Gasteiger charge is -2.20. The number of hydrogen-bond acceptors (Lipinski definition) is 3. The van der Waals surface area contributed by atoms with Gasteiger partial charge in [0.05, 0.1) is 5.56 Å². The molecule has 5 nitrogen and oxygen atoms in total. The highest BCUT2D eigenvalue weighted by molar-refractivity contribution is 5.95. The van der Waals surface area contributed by atoms with Gasteiger partial charge in [0, 0.05) is 32.4 Å². The van der Waals surface area contributed by atoms with Crippen LogP contribution in [0.25, 0.3) is 0 Å². The van der Waals surface area contributed by atoms with Gasteiger partial charge in [0.15, 0.2) is 5.69 Å². The number of alkyl halides is 3. The largest absolute Gasteiger partial charge is 0.435 e. The predicted octanol–water partition coefficient (Wildman–Crippen LogP) is 1.90. The first-order valence-electron chi connectivity index (χ1n) is 7.31. The molecule has 1 fully saturated rings. The number of aromatic nitrogens is 2. The van der Waals surface area contributed by atoms with Crippen LogP contribution in [0, 0.1) is 5.92 Å². The van der Waals surface area contributed by atoms with Gasteiger partial charge in [0.1, 0.15) is 0 Å². The number of aryl methyl sites for hydroxylation is 1. The first-order chi connectivity index (χ1) is 10.2. The van der Waals surface area contributed by atoms with Gasteiger partial charge in [-0.2, -0.15) is 18.3 Å². The zero-order valence-corrected chi connectivity index (χ0v) is 12.9. The van der Waals surface area contributed by atoms with Crippen molar-refractivity contribution in [1.29, 1.82) is 0 Å². The van der Waals surface area contributed by atoms with Crippen LogP contribution >= 0.6 is 0 Å². The normalized spacial score (nSPS) is 19.9. The fraction of sp³-hybridized carbons (Fsp3) is 0.714. The van der Waals surface area contributed by atoms with Crippen molar-refractivity contribution in [1.82, 2.24) is 20.0 Å². The third-order valence-electron chi connectivity index (χ3n) is 3.94. The van der Waals surface area contributed by atoms with Gasteiger partial charge >= 0.3 is 6.18 Å². The number of amides is 1. The summed E-state index contributed by atoms with van der Waals surface area (Å²) in [7, 11) is 1.36. The van der Waals surface area contributed by atoms with E-state index in [4.69, 9.17) is 0 Å². The van der Waals surface area contributed by atoms with Crippen LogP contribution in [-0.4, -0.2) is 46.3 Å². The Bertz CT molecular complexity index is 539. The summed E-state index contributed by atoms with van der Waals surface area (Å²) in [5, 5.41) is 5.95. The summed E-state index contributed by atoms with van der Waals surface area (Å²) in [5.74, 6) is -0.444. The molecule has 0 unspecified atom stereocenters. The second-order valence-electron chi connectivity index (χ2n) is 6.02. The van der Waals surface area contributed by atoms with Crippen LogP contribution in [-0.2, 0) is 13.2 Å². The van der Waals surface area contributed by atoms with Gasteiger partial charge in [0.2, 0.25) is 0 Å². The molecule has 2 rings (SSSR count). The van der Waals surface area contributed by atoms with E-state index in [1.165, 1.54) is 7.05 Å². The van der Waals surface area contributed by atoms with E-state index in [1.54, 1.807) is 0 Å². The minimum absolute atomic E-state index is 0.275. The molecular formula is C14H21F3N4O. The van der Waals surface area contributed by atoms with E-state index in [0.29, 0.717) is 12.6 Å². The monoisotopic (exact) mass is 318 g/mol. The number of carbonyl (C=O) groups excluding carboxylic acids is 1. The van der Waals surface area contributed by atoms with Crippen molar-refractivity contribution in [3.63, 3.8) is 0 Å². The highest BCUT2D eigenvalue weighted by Gasteiger charge is 2.39. The Morgan fingerprint density at radius 1 is 1.50 bits per heavy atom. The minimum Gasteiger partial charge on any atom is -0.352 e. The van der Waals surface area contributed by atoms with Crippen LogP contribution in [0.15, 0.2) is 6.20 Å². The molecule has 1 aromatic heterocycles. The minimum atomic E-state index is -4.63. The Labute approximate surface area is 127 Å². The highest BCUT2D eigenvalue weighted by atomic mass is 19.4. The van der Waals surface area contributed by atoms with E-state index in [1.807, 2.05) is 0 Å². The molecule has 8 heteroatoms. The number of nitrogens with one attached hydrogen (secondary N) is 1. The lowest BCUT2D eigenvalue weighted by molar-refractivity contribution is -0.141. The summed E-state index contributed by atoms with van der Waals surface area (Å²) < 4.78 is 39.5. The van der Waals surface area contributed by atoms with Crippen LogP contribution in [0.3, 0.4) is 0 Å². The van der Waals surface area contributed by atoms with Gasteiger partial charge < -0.3 is 10.2 Å². The van der Waals surface area contributed by atoms with Crippen molar-refractivity contribution in [2.45, 2.75) is 32.5 Å². The third kappa shape index (κ3) is 3.79. The van der Waals surface area contributed by atoms with Gasteiger partial charge in [0.25, 0.3) is 5.91 Å². The fourth-order valence-corrected chi connectivity index (χ4v) is 2.69. The molecule has 124 valence electrons. The zero-order chi connectivity index (χ0) is 16.5. The van der Waals surface area contributed by atoms with Crippen molar-refractivity contribution < 1.29 is 18.0 Å². The third-order valence-corrected chi connectivity index (χ3v) is 3.94. The van der Waals surface area contributed by atoms with Crippen LogP contribution in [0.1, 0.15) is 36.3 Å². The summed E-state index contributed by atoms with van der Waals surface area (Å²) >= 11 is 0. The molecule has 0 spiro atoms. The lowest BCUT2D eigenvalue weighted by Crippen LogP contribution is -2.33. The average molecular weight is 318 g/mol. The highest BCUT2D eigenvalue weighted by Crippen LogP contribution is 2.30. The van der Waals surface area contributed by atoms with Gasteiger partial charge in [-0.3, -0.25) is 9.48 Å². The van der Waals surface area contributed by atoms with Crippen molar-refractivity contribution >= 4 is 5.91 Å². The molecular weight excluding hydrogens is 297 g/mol. The van der Waals surface area contributed by atoms with Crippen molar-refractivity contribution in [2.24, 2.45) is 13.0 Å². The average Bonchev–Trinajstić information content (AvgIpc) is 3.01. The van der Waals surface area contributed by atoms with Gasteiger partial charge in [-0.15, -0.1) is 0 Å². The van der Waals surface area contributed by atoms with E-state index in [9.17, 15) is 18.0 Å². The van der Waals surface area contributed by atoms with E-state index >= 15 is 0 Å². The fourth-order valence-electron chi connectivity index (χ4n) is 2.69. The first-order valence-corrected chi connectivity index (χ1v) is 7.31. The summed E-state index contributed by atoms with van der Waals surface area (Å²) in [5.41, 5.74) is -1.56. The second kappa shape index (κ2) is 6.28. The Hall–Kier alpha value is -1.57. The topological polar surface area (TPSA) is 50.2 Å². The maximum absolute atomic E-state index is 12.8. The Morgan fingerprint density at radius 3 is 2.73 bits per heavy atom. The van der Waals surface area contributed by atoms with Crippen molar-refractivity contribution in [3.8, 4) is 0 Å². The molecule has 0 bridgehead atoms. The summed E-state index contributed by atoms with van der Waals surface area (Å²) in [6.45, 7) is 6.41. The first kappa shape index (κ1) is 16.8. The Kier molecular flexibility index (Phi) is 4.79. The molecule has 1 aliphatic heterocycles. The SMILES string of the molecule is CC(C)N1CC[C@H](CNC(=O)c2cn(C)nc2C(F)(F)F)C1. The molecule has 1 amide bonds.